The van der Waals surface area contributed by atoms with Gasteiger partial charge in [0.05, 0.1) is 16.7 Å². The van der Waals surface area contributed by atoms with Crippen LogP contribution in [0.3, 0.4) is 0 Å². The van der Waals surface area contributed by atoms with Crippen molar-refractivity contribution < 1.29 is 14.1 Å². The molecule has 2 aromatic carbocycles. The SMILES string of the molecule is O=C(NCc1ccccc1)c1c(/N=C\c2ccc(-c3ccc([N+](=O)[O-])cc3)o2)sc2c1CCCC2. The summed E-state index contributed by atoms with van der Waals surface area (Å²) in [6.45, 7) is 0.463. The lowest BCUT2D eigenvalue weighted by Gasteiger charge is -2.12. The van der Waals surface area contributed by atoms with E-state index in [1.807, 2.05) is 30.3 Å². The molecular formula is C27H23N3O4S. The first-order valence-corrected chi connectivity index (χ1v) is 12.3. The van der Waals surface area contributed by atoms with Crippen molar-refractivity contribution in [2.75, 3.05) is 0 Å². The zero-order chi connectivity index (χ0) is 24.2. The molecule has 2 heterocycles. The van der Waals surface area contributed by atoms with Gasteiger partial charge in [0, 0.05) is 29.1 Å². The maximum absolute atomic E-state index is 13.2. The summed E-state index contributed by atoms with van der Waals surface area (Å²) in [5.41, 5.74) is 3.60. The molecule has 0 saturated heterocycles. The quantitative estimate of drug-likeness (QED) is 0.184. The molecule has 35 heavy (non-hydrogen) atoms. The second kappa shape index (κ2) is 10.1. The van der Waals surface area contributed by atoms with Crippen LogP contribution in [0.4, 0.5) is 10.7 Å². The van der Waals surface area contributed by atoms with Crippen molar-refractivity contribution in [3.05, 3.63) is 104 Å². The van der Waals surface area contributed by atoms with E-state index in [1.54, 1.807) is 41.8 Å². The highest BCUT2D eigenvalue weighted by atomic mass is 32.1. The number of nitro benzene ring substituents is 1. The topological polar surface area (TPSA) is 97.7 Å². The monoisotopic (exact) mass is 485 g/mol. The van der Waals surface area contributed by atoms with E-state index in [0.29, 0.717) is 28.6 Å². The molecule has 0 radical (unpaired) electrons. The molecule has 1 aliphatic carbocycles. The molecule has 0 bridgehead atoms. The van der Waals surface area contributed by atoms with E-state index in [2.05, 4.69) is 10.3 Å². The normalized spacial score (nSPS) is 13.0. The van der Waals surface area contributed by atoms with Crippen LogP contribution in [0.25, 0.3) is 11.3 Å². The Morgan fingerprint density at radius 3 is 2.60 bits per heavy atom. The highest BCUT2D eigenvalue weighted by Gasteiger charge is 2.25. The van der Waals surface area contributed by atoms with Crippen LogP contribution in [-0.4, -0.2) is 17.0 Å². The van der Waals surface area contributed by atoms with Gasteiger partial charge >= 0.3 is 0 Å². The van der Waals surface area contributed by atoms with Gasteiger partial charge in [-0.25, -0.2) is 4.99 Å². The number of aryl methyl sites for hydroxylation is 1. The van der Waals surface area contributed by atoms with E-state index < -0.39 is 4.92 Å². The van der Waals surface area contributed by atoms with Gasteiger partial charge in [0.2, 0.25) is 0 Å². The molecule has 7 nitrogen and oxygen atoms in total. The van der Waals surface area contributed by atoms with E-state index >= 15 is 0 Å². The Morgan fingerprint density at radius 2 is 1.83 bits per heavy atom. The van der Waals surface area contributed by atoms with Crippen molar-refractivity contribution in [3.63, 3.8) is 0 Å². The minimum Gasteiger partial charge on any atom is -0.455 e. The lowest BCUT2D eigenvalue weighted by molar-refractivity contribution is -0.384. The van der Waals surface area contributed by atoms with E-state index in [-0.39, 0.29) is 11.6 Å². The first-order chi connectivity index (χ1) is 17.1. The van der Waals surface area contributed by atoms with Gasteiger partial charge in [-0.05, 0) is 61.1 Å². The second-order valence-electron chi connectivity index (χ2n) is 8.32. The number of thiophene rings is 1. The lowest BCUT2D eigenvalue weighted by Crippen LogP contribution is -2.24. The minimum atomic E-state index is -0.432. The smallest absolute Gasteiger partial charge is 0.269 e. The molecular weight excluding hydrogens is 462 g/mol. The molecule has 0 saturated carbocycles. The Kier molecular flexibility index (Phi) is 6.54. The Balaban J connectivity index is 1.37. The average molecular weight is 486 g/mol. The van der Waals surface area contributed by atoms with Gasteiger partial charge in [0.25, 0.3) is 11.6 Å². The molecule has 0 aliphatic heterocycles. The maximum atomic E-state index is 13.2. The van der Waals surface area contributed by atoms with Crippen molar-refractivity contribution in [2.24, 2.45) is 4.99 Å². The molecule has 176 valence electrons. The summed E-state index contributed by atoms with van der Waals surface area (Å²) in [6.07, 6.45) is 5.68. The molecule has 0 atom stereocenters. The number of furan rings is 1. The van der Waals surface area contributed by atoms with Crippen LogP contribution < -0.4 is 5.32 Å². The number of nitrogens with one attached hydrogen (secondary N) is 1. The van der Waals surface area contributed by atoms with Crippen molar-refractivity contribution >= 4 is 34.1 Å². The Labute approximate surface area is 206 Å². The number of fused-ring (bicyclic) bond motifs is 1. The number of amides is 1. The number of non-ortho nitro benzene ring substituents is 1. The molecule has 0 unspecified atom stereocenters. The van der Waals surface area contributed by atoms with Crippen LogP contribution in [0.2, 0.25) is 0 Å². The summed E-state index contributed by atoms with van der Waals surface area (Å²) in [5.74, 6) is 1.03. The first kappa shape index (κ1) is 22.7. The number of carbonyl (C=O) groups excluding carboxylic acids is 1. The van der Waals surface area contributed by atoms with Gasteiger partial charge in [0.1, 0.15) is 16.5 Å². The molecule has 2 aromatic heterocycles. The van der Waals surface area contributed by atoms with Crippen LogP contribution >= 0.6 is 11.3 Å². The predicted octanol–water partition coefficient (Wildman–Crippen LogP) is 6.48. The number of carbonyl (C=O) groups is 1. The molecule has 1 amide bonds. The molecule has 1 aliphatic rings. The highest BCUT2D eigenvalue weighted by molar-refractivity contribution is 7.16. The standard InChI is InChI=1S/C27H23N3O4S/c31-26(28-16-18-6-2-1-3-7-18)25-22-8-4-5-9-24(22)35-27(25)29-17-21-14-15-23(34-21)19-10-12-20(13-11-19)30(32)33/h1-3,6-7,10-15,17H,4-5,8-9,16H2,(H,28,31)/b29-17-. The zero-order valence-electron chi connectivity index (χ0n) is 18.9. The largest absolute Gasteiger partial charge is 0.455 e. The molecule has 0 spiro atoms. The fourth-order valence-electron chi connectivity index (χ4n) is 4.19. The molecule has 0 fully saturated rings. The van der Waals surface area contributed by atoms with Gasteiger partial charge in [-0.1, -0.05) is 30.3 Å². The number of rotatable bonds is 7. The van der Waals surface area contributed by atoms with Crippen LogP contribution in [0.5, 0.6) is 0 Å². The zero-order valence-corrected chi connectivity index (χ0v) is 19.7. The number of hydrogen-bond donors (Lipinski definition) is 1. The fraction of sp³-hybridized carbons (Fsp3) is 0.185. The average Bonchev–Trinajstić information content (AvgIpc) is 3.51. The van der Waals surface area contributed by atoms with Crippen LogP contribution in [0.1, 0.15) is 45.0 Å². The van der Waals surface area contributed by atoms with E-state index in [4.69, 9.17) is 4.42 Å². The van der Waals surface area contributed by atoms with Crippen LogP contribution in [-0.2, 0) is 19.4 Å². The summed E-state index contributed by atoms with van der Waals surface area (Å²) in [7, 11) is 0. The molecule has 5 rings (SSSR count). The summed E-state index contributed by atoms with van der Waals surface area (Å²) in [5, 5.41) is 14.6. The van der Waals surface area contributed by atoms with E-state index in [9.17, 15) is 14.9 Å². The van der Waals surface area contributed by atoms with Gasteiger partial charge in [0.15, 0.2) is 0 Å². The predicted molar refractivity (Wildman–Crippen MR) is 137 cm³/mol. The van der Waals surface area contributed by atoms with Crippen molar-refractivity contribution in [2.45, 2.75) is 32.2 Å². The number of aliphatic imine (C=N–C) groups is 1. The fourth-order valence-corrected chi connectivity index (χ4v) is 5.42. The Hall–Kier alpha value is -4.04. The van der Waals surface area contributed by atoms with Gasteiger partial charge in [-0.3, -0.25) is 14.9 Å². The summed E-state index contributed by atoms with van der Waals surface area (Å²) >= 11 is 1.57. The lowest BCUT2D eigenvalue weighted by atomic mass is 9.95. The number of nitro groups is 1. The van der Waals surface area contributed by atoms with Crippen LogP contribution in [0.15, 0.2) is 76.1 Å². The number of nitrogens with zero attached hydrogens (tertiary/aromatic N) is 2. The van der Waals surface area contributed by atoms with Crippen molar-refractivity contribution in [1.29, 1.82) is 0 Å². The Morgan fingerprint density at radius 1 is 1.06 bits per heavy atom. The van der Waals surface area contributed by atoms with Crippen molar-refractivity contribution in [1.82, 2.24) is 5.32 Å². The number of hydrogen-bond acceptors (Lipinski definition) is 6. The van der Waals surface area contributed by atoms with Crippen molar-refractivity contribution in [3.8, 4) is 11.3 Å². The van der Waals surface area contributed by atoms with Gasteiger partial charge in [-0.15, -0.1) is 11.3 Å². The third kappa shape index (κ3) is 5.07. The summed E-state index contributed by atoms with van der Waals surface area (Å²) in [6, 6.07) is 19.6. The van der Waals surface area contributed by atoms with Crippen LogP contribution in [0, 0.1) is 10.1 Å². The van der Waals surface area contributed by atoms with Gasteiger partial charge < -0.3 is 9.73 Å². The third-order valence-corrected chi connectivity index (χ3v) is 7.17. The molecule has 1 N–H and O–H groups in total. The number of benzene rings is 2. The highest BCUT2D eigenvalue weighted by Crippen LogP contribution is 2.40. The Bertz CT molecular complexity index is 1390. The molecule has 4 aromatic rings. The summed E-state index contributed by atoms with van der Waals surface area (Å²) < 4.78 is 5.88. The third-order valence-electron chi connectivity index (χ3n) is 5.97. The minimum absolute atomic E-state index is 0.0295. The maximum Gasteiger partial charge on any atom is 0.269 e. The van der Waals surface area contributed by atoms with E-state index in [1.165, 1.54) is 17.0 Å². The summed E-state index contributed by atoms with van der Waals surface area (Å²) in [4.78, 5) is 29.5. The van der Waals surface area contributed by atoms with Gasteiger partial charge in [-0.2, -0.15) is 0 Å². The first-order valence-electron chi connectivity index (χ1n) is 11.4. The molecule has 8 heteroatoms. The van der Waals surface area contributed by atoms with E-state index in [0.717, 1.165) is 42.4 Å². The second-order valence-corrected chi connectivity index (χ2v) is 9.41.